The highest BCUT2D eigenvalue weighted by Gasteiger charge is 2.42. The molecule has 3 nitrogen and oxygen atoms in total. The summed E-state index contributed by atoms with van der Waals surface area (Å²) in [5, 5.41) is 3.45. The van der Waals surface area contributed by atoms with Crippen LogP contribution >= 0.6 is 0 Å². The molecule has 0 aromatic heterocycles. The molecule has 2 atom stereocenters. The SMILES string of the molecule is CC1(C)C[C@](CCNC[C@H]2CCCO2)(c2cccc(C(F)(F)F)c2)CCO1. The average Bonchev–Trinajstić information content (AvgIpc) is 3.11. The van der Waals surface area contributed by atoms with Gasteiger partial charge in [-0.25, -0.2) is 0 Å². The van der Waals surface area contributed by atoms with Crippen molar-refractivity contribution in [3.8, 4) is 0 Å². The number of nitrogens with one attached hydrogen (secondary N) is 1. The first-order valence-electron chi connectivity index (χ1n) is 9.84. The van der Waals surface area contributed by atoms with Gasteiger partial charge in [-0.15, -0.1) is 0 Å². The van der Waals surface area contributed by atoms with E-state index in [1.54, 1.807) is 0 Å². The number of benzene rings is 1. The van der Waals surface area contributed by atoms with Gasteiger partial charge in [0.15, 0.2) is 0 Å². The predicted octanol–water partition coefficient (Wildman–Crippen LogP) is 4.69. The second-order valence-corrected chi connectivity index (χ2v) is 8.48. The topological polar surface area (TPSA) is 30.5 Å². The Bertz CT molecular complexity index is 626. The first-order valence-corrected chi connectivity index (χ1v) is 9.84. The molecule has 0 aliphatic carbocycles. The van der Waals surface area contributed by atoms with Gasteiger partial charge in [0.25, 0.3) is 0 Å². The number of halogens is 3. The van der Waals surface area contributed by atoms with Gasteiger partial charge in [-0.1, -0.05) is 18.2 Å². The molecular formula is C21H30F3NO2. The fourth-order valence-corrected chi connectivity index (χ4v) is 4.50. The molecule has 0 bridgehead atoms. The zero-order chi connectivity index (χ0) is 19.5. The van der Waals surface area contributed by atoms with Crippen molar-refractivity contribution < 1.29 is 22.6 Å². The Hall–Kier alpha value is -1.11. The van der Waals surface area contributed by atoms with Gasteiger partial charge in [-0.3, -0.25) is 0 Å². The second-order valence-electron chi connectivity index (χ2n) is 8.48. The Balaban J connectivity index is 1.76. The number of hydrogen-bond acceptors (Lipinski definition) is 3. The molecule has 2 saturated heterocycles. The molecule has 2 aliphatic rings. The van der Waals surface area contributed by atoms with Crippen LogP contribution in [0.5, 0.6) is 0 Å². The van der Waals surface area contributed by atoms with E-state index in [4.69, 9.17) is 9.47 Å². The lowest BCUT2D eigenvalue weighted by Crippen LogP contribution is -2.45. The van der Waals surface area contributed by atoms with E-state index in [0.29, 0.717) is 13.0 Å². The molecule has 0 radical (unpaired) electrons. The number of hydrogen-bond donors (Lipinski definition) is 1. The average molecular weight is 385 g/mol. The third-order valence-electron chi connectivity index (χ3n) is 5.82. The quantitative estimate of drug-likeness (QED) is 0.721. The minimum Gasteiger partial charge on any atom is -0.377 e. The fourth-order valence-electron chi connectivity index (χ4n) is 4.50. The van der Waals surface area contributed by atoms with Crippen molar-refractivity contribution in [3.63, 3.8) is 0 Å². The van der Waals surface area contributed by atoms with Crippen molar-refractivity contribution in [2.75, 3.05) is 26.3 Å². The first kappa shape index (κ1) is 20.6. The highest BCUT2D eigenvalue weighted by molar-refractivity contribution is 5.33. The van der Waals surface area contributed by atoms with E-state index >= 15 is 0 Å². The Morgan fingerprint density at radius 3 is 2.70 bits per heavy atom. The summed E-state index contributed by atoms with van der Waals surface area (Å²) in [5.41, 5.74) is -0.461. The van der Waals surface area contributed by atoms with Crippen molar-refractivity contribution in [2.24, 2.45) is 0 Å². The third kappa shape index (κ3) is 5.24. The van der Waals surface area contributed by atoms with Crippen LogP contribution in [0.3, 0.4) is 0 Å². The monoisotopic (exact) mass is 385 g/mol. The summed E-state index contributed by atoms with van der Waals surface area (Å²) in [4.78, 5) is 0. The Morgan fingerprint density at radius 1 is 1.22 bits per heavy atom. The van der Waals surface area contributed by atoms with E-state index in [-0.39, 0.29) is 17.1 Å². The third-order valence-corrected chi connectivity index (χ3v) is 5.82. The summed E-state index contributed by atoms with van der Waals surface area (Å²) in [5.74, 6) is 0. The molecule has 0 saturated carbocycles. The fraction of sp³-hybridized carbons (Fsp3) is 0.714. The van der Waals surface area contributed by atoms with Crippen LogP contribution in [0, 0.1) is 0 Å². The Labute approximate surface area is 159 Å². The number of alkyl halides is 3. The zero-order valence-electron chi connectivity index (χ0n) is 16.2. The molecule has 2 fully saturated rings. The maximum atomic E-state index is 13.2. The van der Waals surface area contributed by atoms with Crippen LogP contribution < -0.4 is 5.32 Å². The maximum Gasteiger partial charge on any atom is 0.416 e. The molecule has 2 heterocycles. The molecule has 152 valence electrons. The molecule has 0 amide bonds. The highest BCUT2D eigenvalue weighted by atomic mass is 19.4. The smallest absolute Gasteiger partial charge is 0.377 e. The van der Waals surface area contributed by atoms with Gasteiger partial charge in [0.05, 0.1) is 17.3 Å². The van der Waals surface area contributed by atoms with E-state index in [1.807, 2.05) is 19.9 Å². The molecule has 1 aromatic carbocycles. The number of rotatable bonds is 6. The summed E-state index contributed by atoms with van der Waals surface area (Å²) in [7, 11) is 0. The van der Waals surface area contributed by atoms with Gasteiger partial charge in [0, 0.05) is 25.2 Å². The number of ether oxygens (including phenoxy) is 2. The zero-order valence-corrected chi connectivity index (χ0v) is 16.2. The van der Waals surface area contributed by atoms with Crippen molar-refractivity contribution in [1.82, 2.24) is 5.32 Å². The first-order chi connectivity index (χ1) is 12.7. The van der Waals surface area contributed by atoms with E-state index in [1.165, 1.54) is 12.1 Å². The highest BCUT2D eigenvalue weighted by Crippen LogP contribution is 2.45. The van der Waals surface area contributed by atoms with Crippen LogP contribution in [-0.2, 0) is 21.1 Å². The van der Waals surface area contributed by atoms with Crippen molar-refractivity contribution >= 4 is 0 Å². The lowest BCUT2D eigenvalue weighted by Gasteiger charge is -2.46. The summed E-state index contributed by atoms with van der Waals surface area (Å²) >= 11 is 0. The molecule has 6 heteroatoms. The van der Waals surface area contributed by atoms with Gasteiger partial charge in [0.2, 0.25) is 0 Å². The molecular weight excluding hydrogens is 355 g/mol. The largest absolute Gasteiger partial charge is 0.416 e. The second kappa shape index (κ2) is 8.10. The minimum atomic E-state index is -4.32. The van der Waals surface area contributed by atoms with E-state index in [0.717, 1.165) is 57.0 Å². The van der Waals surface area contributed by atoms with Crippen LogP contribution in [0.2, 0.25) is 0 Å². The van der Waals surface area contributed by atoms with Crippen LogP contribution in [-0.4, -0.2) is 38.0 Å². The Kier molecular flexibility index (Phi) is 6.18. The van der Waals surface area contributed by atoms with Gasteiger partial charge < -0.3 is 14.8 Å². The maximum absolute atomic E-state index is 13.2. The summed E-state index contributed by atoms with van der Waals surface area (Å²) in [6.07, 6.45) is 0.352. The summed E-state index contributed by atoms with van der Waals surface area (Å²) in [6, 6.07) is 5.86. The standard InChI is InChI=1S/C21H30F3NO2/c1-19(2)15-20(9-12-27-19,8-10-25-14-18-7-4-11-26-18)16-5-3-6-17(13-16)21(22,23)24/h3,5-6,13,18,25H,4,7-12,14-15H2,1-2H3/t18-,20-/m1/s1. The van der Waals surface area contributed by atoms with Crippen LogP contribution in [0.1, 0.15) is 57.1 Å². The van der Waals surface area contributed by atoms with Gasteiger partial charge in [-0.05, 0) is 64.1 Å². The predicted molar refractivity (Wildman–Crippen MR) is 98.8 cm³/mol. The van der Waals surface area contributed by atoms with Crippen LogP contribution in [0.4, 0.5) is 13.2 Å². The summed E-state index contributed by atoms with van der Waals surface area (Å²) < 4.78 is 51.2. The van der Waals surface area contributed by atoms with Gasteiger partial charge in [-0.2, -0.15) is 13.2 Å². The van der Waals surface area contributed by atoms with Gasteiger partial charge >= 0.3 is 6.18 Å². The summed E-state index contributed by atoms with van der Waals surface area (Å²) in [6.45, 7) is 6.99. The molecule has 1 N–H and O–H groups in total. The Morgan fingerprint density at radius 2 is 2.04 bits per heavy atom. The normalized spacial score (nSPS) is 28.4. The molecule has 0 spiro atoms. The van der Waals surface area contributed by atoms with E-state index < -0.39 is 11.7 Å². The lowest BCUT2D eigenvalue weighted by molar-refractivity contribution is -0.137. The molecule has 27 heavy (non-hydrogen) atoms. The molecule has 0 unspecified atom stereocenters. The lowest BCUT2D eigenvalue weighted by atomic mass is 9.67. The minimum absolute atomic E-state index is 0.264. The van der Waals surface area contributed by atoms with Crippen LogP contribution in [0.25, 0.3) is 0 Å². The van der Waals surface area contributed by atoms with E-state index in [9.17, 15) is 13.2 Å². The molecule has 1 aromatic rings. The van der Waals surface area contributed by atoms with Crippen molar-refractivity contribution in [2.45, 2.75) is 69.2 Å². The van der Waals surface area contributed by atoms with Crippen LogP contribution in [0.15, 0.2) is 24.3 Å². The van der Waals surface area contributed by atoms with E-state index in [2.05, 4.69) is 5.32 Å². The van der Waals surface area contributed by atoms with Crippen molar-refractivity contribution in [1.29, 1.82) is 0 Å². The van der Waals surface area contributed by atoms with Crippen molar-refractivity contribution in [3.05, 3.63) is 35.4 Å². The van der Waals surface area contributed by atoms with Gasteiger partial charge in [0.1, 0.15) is 0 Å². The molecule has 2 aliphatic heterocycles. The molecule has 3 rings (SSSR count).